The Balaban J connectivity index is 0.000000204. The molecule has 74 heavy (non-hydrogen) atoms. The van der Waals surface area contributed by atoms with E-state index < -0.39 is 57.8 Å². The summed E-state index contributed by atoms with van der Waals surface area (Å²) in [5.41, 5.74) is -1.62. The molecule has 0 amide bonds. The SMILES string of the molecule is CC(=O)c1nc2ccccn2c(=O)c1O.COC(=O)C=C(N=c1ccccn1O)C(=O)OC.COC(=O)c1nc2ccccn2c(=O)c1O.COC(=O)c1nc2ccccn2c(=O)c1OC.N=c1ccccn1O. The molecule has 8 heterocycles. The summed E-state index contributed by atoms with van der Waals surface area (Å²) in [5.74, 6) is -4.99. The summed E-state index contributed by atoms with van der Waals surface area (Å²) in [6, 6.07) is 24.3. The van der Waals surface area contributed by atoms with Crippen molar-refractivity contribution in [3.05, 3.63) is 193 Å². The molecular weight excluding hydrogens is 977 g/mol. The molecule has 0 aliphatic carbocycles. The van der Waals surface area contributed by atoms with Gasteiger partial charge in [-0.3, -0.25) is 37.8 Å². The van der Waals surface area contributed by atoms with Gasteiger partial charge in [0.1, 0.15) is 16.9 Å². The lowest BCUT2D eigenvalue weighted by atomic mass is 10.2. The minimum atomic E-state index is -0.846. The number of pyridine rings is 5. The molecule has 0 aromatic carbocycles. The first-order chi connectivity index (χ1) is 35.3. The van der Waals surface area contributed by atoms with Gasteiger partial charge in [-0.25, -0.2) is 39.1 Å². The first-order valence-electron chi connectivity index (χ1n) is 20.7. The van der Waals surface area contributed by atoms with Crippen molar-refractivity contribution in [3.63, 3.8) is 0 Å². The quantitative estimate of drug-likeness (QED) is 0.0494. The maximum atomic E-state index is 12.0. The van der Waals surface area contributed by atoms with E-state index in [-0.39, 0.29) is 45.2 Å². The van der Waals surface area contributed by atoms with Crippen LogP contribution in [0, 0.1) is 5.41 Å². The van der Waals surface area contributed by atoms with Crippen LogP contribution in [-0.4, -0.2) is 123 Å². The van der Waals surface area contributed by atoms with Crippen LogP contribution in [0.5, 0.6) is 17.2 Å². The number of carbonyl (C=O) groups excluding carboxylic acids is 5. The van der Waals surface area contributed by atoms with Gasteiger partial charge in [0.2, 0.25) is 17.2 Å². The van der Waals surface area contributed by atoms with Crippen molar-refractivity contribution in [2.75, 3.05) is 35.5 Å². The molecule has 0 aliphatic heterocycles. The number of methoxy groups -OCH3 is 5. The van der Waals surface area contributed by atoms with E-state index in [1.807, 2.05) is 0 Å². The zero-order valence-electron chi connectivity index (χ0n) is 39.7. The van der Waals surface area contributed by atoms with Crippen LogP contribution in [0.2, 0.25) is 0 Å². The maximum absolute atomic E-state index is 12.0. The van der Waals surface area contributed by atoms with Gasteiger partial charge in [0.05, 0.1) is 41.6 Å². The Labute approximate surface area is 414 Å². The average molecular weight is 1020 g/mol. The lowest BCUT2D eigenvalue weighted by Crippen LogP contribution is -2.21. The summed E-state index contributed by atoms with van der Waals surface area (Å²) < 4.78 is 27.8. The number of hydrogen-bond donors (Lipinski definition) is 5. The molecule has 27 heteroatoms. The van der Waals surface area contributed by atoms with Crippen molar-refractivity contribution >= 4 is 46.6 Å². The van der Waals surface area contributed by atoms with Crippen LogP contribution < -0.4 is 32.4 Å². The van der Waals surface area contributed by atoms with Gasteiger partial charge in [-0.2, -0.15) is 9.46 Å². The monoisotopic (exact) mass is 1020 g/mol. The second-order valence-electron chi connectivity index (χ2n) is 13.8. The molecule has 8 rings (SSSR count). The second kappa shape index (κ2) is 26.3. The number of aromatic nitrogens is 8. The summed E-state index contributed by atoms with van der Waals surface area (Å²) in [6.45, 7) is 1.25. The van der Waals surface area contributed by atoms with Gasteiger partial charge in [0.25, 0.3) is 0 Å². The highest BCUT2D eigenvalue weighted by molar-refractivity contribution is 5.96. The summed E-state index contributed by atoms with van der Waals surface area (Å²) in [6.07, 6.45) is 8.08. The van der Waals surface area contributed by atoms with Crippen LogP contribution in [-0.2, 0) is 28.5 Å². The molecule has 8 aromatic rings. The Morgan fingerprint density at radius 3 is 1.42 bits per heavy atom. The highest BCUT2D eigenvalue weighted by atomic mass is 16.5. The van der Waals surface area contributed by atoms with E-state index in [9.17, 15) is 53.8 Å². The molecule has 0 bridgehead atoms. The van der Waals surface area contributed by atoms with Gasteiger partial charge >= 0.3 is 40.6 Å². The highest BCUT2D eigenvalue weighted by Crippen LogP contribution is 2.14. The first-order valence-corrected chi connectivity index (χ1v) is 20.7. The van der Waals surface area contributed by atoms with Crippen LogP contribution in [0.4, 0.5) is 0 Å². The molecule has 0 atom stereocenters. The van der Waals surface area contributed by atoms with E-state index in [0.717, 1.165) is 29.4 Å². The Hall–Kier alpha value is -10.7. The van der Waals surface area contributed by atoms with Gasteiger partial charge in [0, 0.05) is 37.9 Å². The fourth-order valence-electron chi connectivity index (χ4n) is 5.62. The normalized spacial score (nSPS) is 10.6. The summed E-state index contributed by atoms with van der Waals surface area (Å²) in [7, 11) is 6.00. The highest BCUT2D eigenvalue weighted by Gasteiger charge is 2.21. The van der Waals surface area contributed by atoms with Crippen molar-refractivity contribution in [2.24, 2.45) is 4.99 Å². The van der Waals surface area contributed by atoms with Crippen molar-refractivity contribution in [2.45, 2.75) is 6.92 Å². The number of nitrogens with zero attached hydrogens (tertiary/aromatic N) is 9. The van der Waals surface area contributed by atoms with Crippen molar-refractivity contribution in [1.29, 1.82) is 5.41 Å². The molecule has 5 N–H and O–H groups in total. The topological polar surface area (TPSA) is 362 Å². The second-order valence-corrected chi connectivity index (χ2v) is 13.8. The van der Waals surface area contributed by atoms with E-state index in [1.165, 1.54) is 74.0 Å². The third-order valence-electron chi connectivity index (χ3n) is 9.15. The van der Waals surface area contributed by atoms with E-state index >= 15 is 0 Å². The van der Waals surface area contributed by atoms with E-state index in [0.29, 0.717) is 16.0 Å². The number of rotatable bonds is 7. The minimum Gasteiger partial charge on any atom is -0.501 e. The molecule has 0 radical (unpaired) electrons. The molecule has 0 saturated carbocycles. The summed E-state index contributed by atoms with van der Waals surface area (Å²) in [5, 5.41) is 44.0. The molecular formula is C47H44N10O17. The zero-order chi connectivity index (χ0) is 54.6. The molecule has 384 valence electrons. The molecule has 0 fully saturated rings. The van der Waals surface area contributed by atoms with Gasteiger partial charge < -0.3 is 44.3 Å². The molecule has 0 aliphatic rings. The number of nitrogens with one attached hydrogen (secondary N) is 1. The van der Waals surface area contributed by atoms with E-state index in [1.54, 1.807) is 85.1 Å². The van der Waals surface area contributed by atoms with Gasteiger partial charge in [-0.05, 0) is 60.7 Å². The smallest absolute Gasteiger partial charge is 0.360 e. The number of ether oxygens (including phenoxy) is 5. The zero-order valence-corrected chi connectivity index (χ0v) is 39.7. The Bertz CT molecular complexity index is 3730. The number of aromatic hydroxyl groups is 2. The third-order valence-corrected chi connectivity index (χ3v) is 9.15. The van der Waals surface area contributed by atoms with Crippen molar-refractivity contribution < 1.29 is 68.3 Å². The minimum absolute atomic E-state index is 0.0676. The Morgan fingerprint density at radius 1 is 0.554 bits per heavy atom. The summed E-state index contributed by atoms with van der Waals surface area (Å²) >= 11 is 0. The van der Waals surface area contributed by atoms with Crippen LogP contribution in [0.3, 0.4) is 0 Å². The number of carbonyl (C=O) groups is 5. The number of hydrogen-bond acceptors (Lipinski definition) is 22. The number of esters is 4. The first kappa shape index (κ1) is 55.9. The average Bonchev–Trinajstić information content (AvgIpc) is 3.41. The van der Waals surface area contributed by atoms with Crippen LogP contribution in [0.1, 0.15) is 38.4 Å². The summed E-state index contributed by atoms with van der Waals surface area (Å²) in [4.78, 5) is 107. The van der Waals surface area contributed by atoms with Crippen molar-refractivity contribution in [3.8, 4) is 17.2 Å². The van der Waals surface area contributed by atoms with Gasteiger partial charge in [-0.15, -0.1) is 0 Å². The molecule has 8 aromatic heterocycles. The maximum Gasteiger partial charge on any atom is 0.360 e. The van der Waals surface area contributed by atoms with Crippen LogP contribution >= 0.6 is 0 Å². The lowest BCUT2D eigenvalue weighted by molar-refractivity contribution is -0.138. The third kappa shape index (κ3) is 14.0. The van der Waals surface area contributed by atoms with Gasteiger partial charge in [0.15, 0.2) is 39.5 Å². The van der Waals surface area contributed by atoms with E-state index in [2.05, 4.69) is 38.9 Å². The standard InChI is InChI=1S/C11H12N2O5.C11H10N2O4.C10H8N2O4.C10H8N2O3.C5H6N2O/c1-17-10(14)7-8(11(15)18-2)12-9-5-3-4-6-13(9)16;1-16-9-8(11(15)17-2)12-7-5-3-4-6-13(7)10(9)14;1-16-10(15)7-8(13)9(14)12-5-3-2-4-6(12)11-7;1-6(13)8-9(14)10(15)12-5-3-2-4-7(12)11-8;6-5-3-1-2-4-7(5)8/h3-7,16H,1-2H3;3-6H,1-2H3;2-5,13H,1H3;2-5,14H,1H3;1-4,6,8H. The number of fused-ring (bicyclic) bond motifs is 3. The van der Waals surface area contributed by atoms with E-state index in [4.69, 9.17) is 15.4 Å². The fraction of sp³-hybridized carbons (Fsp3) is 0.128. The molecule has 0 unspecified atom stereocenters. The van der Waals surface area contributed by atoms with Crippen LogP contribution in [0.15, 0.2) is 153 Å². The Morgan fingerprint density at radius 2 is 0.986 bits per heavy atom. The molecule has 0 spiro atoms. The molecule has 27 nitrogen and oxygen atoms in total. The predicted octanol–water partition coefficient (Wildman–Crippen LogP) is 1.34. The molecule has 0 saturated heterocycles. The van der Waals surface area contributed by atoms with Crippen LogP contribution in [0.25, 0.3) is 16.9 Å². The van der Waals surface area contributed by atoms with Gasteiger partial charge in [-0.1, -0.05) is 30.3 Å². The lowest BCUT2D eigenvalue weighted by Gasteiger charge is -2.07. The Kier molecular flexibility index (Phi) is 19.9. The largest absolute Gasteiger partial charge is 0.501 e. The van der Waals surface area contributed by atoms with Crippen molar-refractivity contribution in [1.82, 2.24) is 37.6 Å². The number of Topliss-reactive ketones (excluding diaryl/α,β-unsaturated/α-hetero) is 1. The number of ketones is 1. The fourth-order valence-corrected chi connectivity index (χ4v) is 5.62. The predicted molar refractivity (Wildman–Crippen MR) is 254 cm³/mol.